The van der Waals surface area contributed by atoms with Gasteiger partial charge < -0.3 is 4.98 Å². The van der Waals surface area contributed by atoms with Crippen LogP contribution in [0.25, 0.3) is 0 Å². The number of H-pyrrole nitrogens is 1. The van der Waals surface area contributed by atoms with Gasteiger partial charge in [0.15, 0.2) is 0 Å². The number of nitro groups is 1. The molecule has 76 valence electrons. The lowest BCUT2D eigenvalue weighted by molar-refractivity contribution is -0.387. The fourth-order valence-corrected chi connectivity index (χ4v) is 1.47. The first-order valence-corrected chi connectivity index (χ1v) is 4.36. The summed E-state index contributed by atoms with van der Waals surface area (Å²) in [5, 5.41) is 10.3. The van der Waals surface area contributed by atoms with Gasteiger partial charge in [-0.25, -0.2) is 8.78 Å². The Hall–Kier alpha value is -1.06. The number of aromatic nitrogens is 1. The highest BCUT2D eigenvalue weighted by Gasteiger charge is 2.26. The number of pyridine rings is 1. The number of nitrogens with zero attached hydrogens (tertiary/aromatic N) is 1. The van der Waals surface area contributed by atoms with Crippen molar-refractivity contribution in [3.63, 3.8) is 0 Å². The zero-order chi connectivity index (χ0) is 10.9. The van der Waals surface area contributed by atoms with Gasteiger partial charge in [0.1, 0.15) is 5.56 Å². The molecule has 5 nitrogen and oxygen atoms in total. The minimum Gasteiger partial charge on any atom is -0.311 e. The zero-order valence-electron chi connectivity index (χ0n) is 6.46. The third kappa shape index (κ3) is 2.05. The van der Waals surface area contributed by atoms with E-state index in [0.717, 1.165) is 6.07 Å². The minimum atomic E-state index is -3.04. The summed E-state index contributed by atoms with van der Waals surface area (Å²) in [6.45, 7) is 0. The molecule has 0 spiro atoms. The number of hydrogen-bond acceptors (Lipinski definition) is 3. The van der Waals surface area contributed by atoms with Gasteiger partial charge in [-0.1, -0.05) is 0 Å². The Balaban J connectivity index is 3.53. The molecule has 1 N–H and O–H groups in total. The largest absolute Gasteiger partial charge is 0.342 e. The number of halogens is 3. The van der Waals surface area contributed by atoms with E-state index in [9.17, 15) is 23.7 Å². The van der Waals surface area contributed by atoms with Gasteiger partial charge in [0.05, 0.1) is 8.62 Å². The standard InChI is InChI=1S/C6H3F2IN2O3/c7-5(8)2-1-3(9)10-6(12)4(2)11(13)14/h1,5H,(H,10,12). The molecule has 14 heavy (non-hydrogen) atoms. The van der Waals surface area contributed by atoms with E-state index in [0.29, 0.717) is 0 Å². The van der Waals surface area contributed by atoms with Crippen molar-refractivity contribution in [1.82, 2.24) is 4.98 Å². The van der Waals surface area contributed by atoms with Crippen LogP contribution >= 0.6 is 22.6 Å². The molecule has 0 atom stereocenters. The molecule has 0 aliphatic carbocycles. The van der Waals surface area contributed by atoms with E-state index in [1.54, 1.807) is 22.6 Å². The molecule has 0 fully saturated rings. The first-order valence-electron chi connectivity index (χ1n) is 3.28. The Labute approximate surface area is 89.4 Å². The van der Waals surface area contributed by atoms with Gasteiger partial charge in [0.2, 0.25) is 0 Å². The number of nitrogens with one attached hydrogen (secondary N) is 1. The molecule has 0 aromatic carbocycles. The number of hydrogen-bond donors (Lipinski definition) is 1. The van der Waals surface area contributed by atoms with Gasteiger partial charge in [-0.2, -0.15) is 0 Å². The van der Waals surface area contributed by atoms with Crippen molar-refractivity contribution in [1.29, 1.82) is 0 Å². The smallest absolute Gasteiger partial charge is 0.311 e. The Bertz CT molecular complexity index is 432. The lowest BCUT2D eigenvalue weighted by Gasteiger charge is -2.00. The van der Waals surface area contributed by atoms with Crippen LogP contribution in [0.3, 0.4) is 0 Å². The lowest BCUT2D eigenvalue weighted by Crippen LogP contribution is -2.15. The van der Waals surface area contributed by atoms with Gasteiger partial charge >= 0.3 is 11.2 Å². The summed E-state index contributed by atoms with van der Waals surface area (Å²) in [5.41, 5.74) is -3.07. The Morgan fingerprint density at radius 2 is 2.14 bits per heavy atom. The molecule has 1 aromatic rings. The summed E-state index contributed by atoms with van der Waals surface area (Å²) in [5.74, 6) is 0. The normalized spacial score (nSPS) is 10.6. The van der Waals surface area contributed by atoms with E-state index in [1.165, 1.54) is 0 Å². The summed E-state index contributed by atoms with van der Waals surface area (Å²) in [7, 11) is 0. The molecular formula is C6H3F2IN2O3. The minimum absolute atomic E-state index is 0.133. The number of alkyl halides is 2. The van der Waals surface area contributed by atoms with Gasteiger partial charge in [0, 0.05) is 0 Å². The van der Waals surface area contributed by atoms with Crippen molar-refractivity contribution in [2.45, 2.75) is 6.43 Å². The first-order chi connectivity index (χ1) is 6.43. The monoisotopic (exact) mass is 316 g/mol. The molecule has 0 aliphatic heterocycles. The maximum atomic E-state index is 12.3. The average molecular weight is 316 g/mol. The third-order valence-electron chi connectivity index (χ3n) is 1.42. The molecule has 0 unspecified atom stereocenters. The molecule has 1 heterocycles. The van der Waals surface area contributed by atoms with Crippen LogP contribution in [0.5, 0.6) is 0 Å². The quantitative estimate of drug-likeness (QED) is 0.391. The van der Waals surface area contributed by atoms with Crippen molar-refractivity contribution in [2.24, 2.45) is 0 Å². The average Bonchev–Trinajstić information content (AvgIpc) is 2.01. The van der Waals surface area contributed by atoms with E-state index in [2.05, 4.69) is 4.98 Å². The summed E-state index contributed by atoms with van der Waals surface area (Å²) in [6.07, 6.45) is -3.04. The third-order valence-corrected chi connectivity index (χ3v) is 2.00. The van der Waals surface area contributed by atoms with Gasteiger partial charge in [-0.3, -0.25) is 14.9 Å². The molecule has 0 radical (unpaired) electrons. The van der Waals surface area contributed by atoms with Crippen LogP contribution in [0, 0.1) is 13.8 Å². The maximum Gasteiger partial charge on any atom is 0.342 e. The molecule has 0 bridgehead atoms. The van der Waals surface area contributed by atoms with E-state index in [-0.39, 0.29) is 3.70 Å². The fourth-order valence-electron chi connectivity index (χ4n) is 0.894. The van der Waals surface area contributed by atoms with Crippen molar-refractivity contribution in [3.8, 4) is 0 Å². The fraction of sp³-hybridized carbons (Fsp3) is 0.167. The molecule has 0 aliphatic rings. The predicted molar refractivity (Wildman–Crippen MR) is 51.4 cm³/mol. The lowest BCUT2D eigenvalue weighted by atomic mass is 10.2. The first kappa shape index (κ1) is 11.0. The molecule has 0 saturated carbocycles. The molecular weight excluding hydrogens is 313 g/mol. The Morgan fingerprint density at radius 3 is 2.57 bits per heavy atom. The van der Waals surface area contributed by atoms with Crippen LogP contribution in [-0.4, -0.2) is 9.91 Å². The van der Waals surface area contributed by atoms with Crippen molar-refractivity contribution in [2.75, 3.05) is 0 Å². The van der Waals surface area contributed by atoms with Gasteiger partial charge in [-0.15, -0.1) is 0 Å². The number of aromatic amines is 1. The van der Waals surface area contributed by atoms with Crippen LogP contribution in [0.15, 0.2) is 10.9 Å². The van der Waals surface area contributed by atoms with E-state index >= 15 is 0 Å². The predicted octanol–water partition coefficient (Wildman–Crippen LogP) is 1.83. The van der Waals surface area contributed by atoms with E-state index in [1.807, 2.05) is 0 Å². The second-order valence-corrected chi connectivity index (χ2v) is 3.47. The highest BCUT2D eigenvalue weighted by atomic mass is 127. The van der Waals surface area contributed by atoms with Crippen LogP contribution in [0.1, 0.15) is 12.0 Å². The zero-order valence-corrected chi connectivity index (χ0v) is 8.62. The Kier molecular flexibility index (Phi) is 3.13. The van der Waals surface area contributed by atoms with Gasteiger partial charge in [0.25, 0.3) is 6.43 Å². The summed E-state index contributed by atoms with van der Waals surface area (Å²) < 4.78 is 24.7. The van der Waals surface area contributed by atoms with Crippen LogP contribution in [-0.2, 0) is 0 Å². The molecule has 1 aromatic heterocycles. The number of rotatable bonds is 2. The Morgan fingerprint density at radius 1 is 1.57 bits per heavy atom. The SMILES string of the molecule is O=c1[nH]c(I)cc(C(F)F)c1[N+](=O)[O-]. The summed E-state index contributed by atoms with van der Waals surface area (Å²) in [6, 6.07) is 0.880. The molecule has 0 amide bonds. The molecule has 1 rings (SSSR count). The van der Waals surface area contributed by atoms with E-state index < -0.39 is 28.2 Å². The molecule has 0 saturated heterocycles. The second-order valence-electron chi connectivity index (χ2n) is 2.31. The topological polar surface area (TPSA) is 76.0 Å². The highest BCUT2D eigenvalue weighted by Crippen LogP contribution is 2.26. The second kappa shape index (κ2) is 3.98. The molecule has 8 heteroatoms. The van der Waals surface area contributed by atoms with E-state index in [4.69, 9.17) is 0 Å². The van der Waals surface area contributed by atoms with Crippen molar-refractivity contribution >= 4 is 28.3 Å². The summed E-state index contributed by atoms with van der Waals surface area (Å²) in [4.78, 5) is 22.2. The highest BCUT2D eigenvalue weighted by molar-refractivity contribution is 14.1. The van der Waals surface area contributed by atoms with Gasteiger partial charge in [-0.05, 0) is 28.7 Å². The van der Waals surface area contributed by atoms with Crippen LogP contribution in [0.2, 0.25) is 0 Å². The van der Waals surface area contributed by atoms with Crippen LogP contribution < -0.4 is 5.56 Å². The maximum absolute atomic E-state index is 12.3. The van der Waals surface area contributed by atoms with Crippen molar-refractivity contribution in [3.05, 3.63) is 35.8 Å². The van der Waals surface area contributed by atoms with Crippen molar-refractivity contribution < 1.29 is 13.7 Å². The van der Waals surface area contributed by atoms with Crippen LogP contribution in [0.4, 0.5) is 14.5 Å². The summed E-state index contributed by atoms with van der Waals surface area (Å²) >= 11 is 1.59.